The molecule has 19 heavy (non-hydrogen) atoms. The summed E-state index contributed by atoms with van der Waals surface area (Å²) in [5, 5.41) is 3.54. The van der Waals surface area contributed by atoms with Gasteiger partial charge in [-0.25, -0.2) is 0 Å². The number of methoxy groups -OCH3 is 1. The van der Waals surface area contributed by atoms with Crippen LogP contribution in [0.4, 0.5) is 5.69 Å². The Kier molecular flexibility index (Phi) is 4.43. The van der Waals surface area contributed by atoms with Crippen LogP contribution < -0.4 is 11.1 Å². The van der Waals surface area contributed by atoms with Crippen molar-refractivity contribution in [1.29, 1.82) is 0 Å². The van der Waals surface area contributed by atoms with E-state index in [-0.39, 0.29) is 12.0 Å². The summed E-state index contributed by atoms with van der Waals surface area (Å²) in [4.78, 5) is 11.1. The molecule has 1 aromatic rings. The van der Waals surface area contributed by atoms with E-state index in [1.165, 1.54) is 12.8 Å². The fraction of sp³-hybridized carbons (Fsp3) is 0.533. The van der Waals surface area contributed by atoms with Crippen molar-refractivity contribution in [1.82, 2.24) is 0 Å². The van der Waals surface area contributed by atoms with Crippen LogP contribution in [0.25, 0.3) is 0 Å². The summed E-state index contributed by atoms with van der Waals surface area (Å²) >= 11 is 0. The van der Waals surface area contributed by atoms with E-state index in [1.54, 1.807) is 13.2 Å². The molecule has 2 rings (SSSR count). The van der Waals surface area contributed by atoms with E-state index in [0.717, 1.165) is 24.1 Å². The first-order valence-corrected chi connectivity index (χ1v) is 6.81. The Bertz CT molecular complexity index is 459. The second-order valence-electron chi connectivity index (χ2n) is 5.20. The van der Waals surface area contributed by atoms with Crippen molar-refractivity contribution < 1.29 is 9.53 Å². The fourth-order valence-corrected chi connectivity index (χ4v) is 2.72. The maximum Gasteiger partial charge on any atom is 0.248 e. The summed E-state index contributed by atoms with van der Waals surface area (Å²) in [6, 6.07) is 5.87. The van der Waals surface area contributed by atoms with Gasteiger partial charge in [0, 0.05) is 18.4 Å². The highest BCUT2D eigenvalue weighted by Gasteiger charge is 2.25. The van der Waals surface area contributed by atoms with Crippen molar-refractivity contribution in [2.75, 3.05) is 12.4 Å². The minimum absolute atomic E-state index is 0.268. The third-order valence-corrected chi connectivity index (χ3v) is 3.86. The highest BCUT2D eigenvalue weighted by molar-refractivity contribution is 5.93. The molecule has 4 heteroatoms. The number of nitrogens with one attached hydrogen (secondary N) is 1. The maximum atomic E-state index is 11.1. The fourth-order valence-electron chi connectivity index (χ4n) is 2.72. The van der Waals surface area contributed by atoms with E-state index in [4.69, 9.17) is 10.5 Å². The van der Waals surface area contributed by atoms with Crippen molar-refractivity contribution in [3.05, 3.63) is 29.3 Å². The zero-order valence-electron chi connectivity index (χ0n) is 11.6. The molecule has 1 saturated carbocycles. The molecule has 1 fully saturated rings. The summed E-state index contributed by atoms with van der Waals surface area (Å²) in [7, 11) is 1.77. The Balaban J connectivity index is 2.11. The van der Waals surface area contributed by atoms with Crippen molar-refractivity contribution >= 4 is 11.6 Å². The van der Waals surface area contributed by atoms with Crippen LogP contribution in [0.2, 0.25) is 0 Å². The molecule has 1 amide bonds. The summed E-state index contributed by atoms with van der Waals surface area (Å²) < 4.78 is 5.54. The number of carbonyl (C=O) groups is 1. The highest BCUT2D eigenvalue weighted by atomic mass is 16.5. The topological polar surface area (TPSA) is 64.3 Å². The van der Waals surface area contributed by atoms with Gasteiger partial charge in [-0.2, -0.15) is 0 Å². The molecule has 0 spiro atoms. The van der Waals surface area contributed by atoms with Crippen LogP contribution in [-0.2, 0) is 4.74 Å². The summed E-state index contributed by atoms with van der Waals surface area (Å²) in [5.74, 6) is -0.387. The first-order valence-electron chi connectivity index (χ1n) is 6.81. The number of benzene rings is 1. The van der Waals surface area contributed by atoms with Crippen LogP contribution >= 0.6 is 0 Å². The van der Waals surface area contributed by atoms with Gasteiger partial charge in [-0.3, -0.25) is 4.79 Å². The largest absolute Gasteiger partial charge is 0.379 e. The number of nitrogens with two attached hydrogens (primary N) is 1. The molecule has 1 aliphatic carbocycles. The molecule has 1 aliphatic rings. The van der Waals surface area contributed by atoms with Gasteiger partial charge in [-0.15, -0.1) is 0 Å². The van der Waals surface area contributed by atoms with Crippen LogP contribution in [0.15, 0.2) is 18.2 Å². The molecular formula is C15H22N2O2. The summed E-state index contributed by atoms with van der Waals surface area (Å²) in [6.45, 7) is 1.99. The van der Waals surface area contributed by atoms with Crippen LogP contribution in [0, 0.1) is 6.92 Å². The third kappa shape index (κ3) is 3.26. The molecule has 0 bridgehead atoms. The minimum atomic E-state index is -0.387. The molecule has 104 valence electrons. The zero-order valence-corrected chi connectivity index (χ0v) is 11.6. The SMILES string of the molecule is COC1CCCCC1Nc1ccc(C(N)=O)cc1C. The van der Waals surface area contributed by atoms with E-state index >= 15 is 0 Å². The number of primary amides is 1. The van der Waals surface area contributed by atoms with E-state index in [1.807, 2.05) is 19.1 Å². The molecule has 2 atom stereocenters. The molecular weight excluding hydrogens is 240 g/mol. The number of anilines is 1. The van der Waals surface area contributed by atoms with Crippen LogP contribution in [0.1, 0.15) is 41.6 Å². The lowest BCUT2D eigenvalue weighted by Gasteiger charge is -2.32. The summed E-state index contributed by atoms with van der Waals surface area (Å²) in [5.41, 5.74) is 7.93. The number of hydrogen-bond acceptors (Lipinski definition) is 3. The highest BCUT2D eigenvalue weighted by Crippen LogP contribution is 2.26. The van der Waals surface area contributed by atoms with Gasteiger partial charge < -0.3 is 15.8 Å². The van der Waals surface area contributed by atoms with Gasteiger partial charge in [0.05, 0.1) is 12.1 Å². The van der Waals surface area contributed by atoms with Gasteiger partial charge in [0.15, 0.2) is 0 Å². The predicted octanol–water partition coefficient (Wildman–Crippen LogP) is 2.46. The number of aryl methyl sites for hydroxylation is 1. The smallest absolute Gasteiger partial charge is 0.248 e. The van der Waals surface area contributed by atoms with Crippen LogP contribution in [-0.4, -0.2) is 25.2 Å². The third-order valence-electron chi connectivity index (χ3n) is 3.86. The van der Waals surface area contributed by atoms with Crippen LogP contribution in [0.5, 0.6) is 0 Å². The van der Waals surface area contributed by atoms with E-state index in [2.05, 4.69) is 5.32 Å². The lowest BCUT2D eigenvalue weighted by molar-refractivity contribution is 0.0606. The van der Waals surface area contributed by atoms with Gasteiger partial charge in [-0.05, 0) is 43.5 Å². The minimum Gasteiger partial charge on any atom is -0.379 e. The summed E-state index contributed by atoms with van der Waals surface area (Å²) in [6.07, 6.45) is 4.96. The Hall–Kier alpha value is -1.55. The van der Waals surface area contributed by atoms with Gasteiger partial charge in [-0.1, -0.05) is 12.8 Å². The number of hydrogen-bond donors (Lipinski definition) is 2. The van der Waals surface area contributed by atoms with E-state index in [9.17, 15) is 4.79 Å². The van der Waals surface area contributed by atoms with Gasteiger partial charge in [0.2, 0.25) is 5.91 Å². The van der Waals surface area contributed by atoms with Crippen molar-refractivity contribution in [2.24, 2.45) is 5.73 Å². The molecule has 0 saturated heterocycles. The average Bonchev–Trinajstić information content (AvgIpc) is 2.41. The van der Waals surface area contributed by atoms with Gasteiger partial charge in [0.1, 0.15) is 0 Å². The molecule has 3 N–H and O–H groups in total. The number of carbonyl (C=O) groups excluding carboxylic acids is 1. The lowest BCUT2D eigenvalue weighted by Crippen LogP contribution is -2.37. The molecule has 0 radical (unpaired) electrons. The number of amides is 1. The zero-order chi connectivity index (χ0) is 13.8. The average molecular weight is 262 g/mol. The quantitative estimate of drug-likeness (QED) is 0.876. The second kappa shape index (κ2) is 6.06. The van der Waals surface area contributed by atoms with Crippen molar-refractivity contribution in [2.45, 2.75) is 44.8 Å². The van der Waals surface area contributed by atoms with Crippen molar-refractivity contribution in [3.8, 4) is 0 Å². The lowest BCUT2D eigenvalue weighted by atomic mass is 9.92. The standard InChI is InChI=1S/C15H22N2O2/c1-10-9-11(15(16)18)7-8-12(10)17-13-5-3-4-6-14(13)19-2/h7-9,13-14,17H,3-6H2,1-2H3,(H2,16,18). The molecule has 0 heterocycles. The maximum absolute atomic E-state index is 11.1. The Morgan fingerprint density at radius 1 is 1.37 bits per heavy atom. The second-order valence-corrected chi connectivity index (χ2v) is 5.20. The van der Waals surface area contributed by atoms with E-state index in [0.29, 0.717) is 11.6 Å². The molecule has 2 unspecified atom stereocenters. The molecule has 0 aliphatic heterocycles. The van der Waals surface area contributed by atoms with Gasteiger partial charge >= 0.3 is 0 Å². The molecule has 0 aromatic heterocycles. The Morgan fingerprint density at radius 2 is 2.11 bits per heavy atom. The van der Waals surface area contributed by atoms with Gasteiger partial charge in [0.25, 0.3) is 0 Å². The predicted molar refractivity (Wildman–Crippen MR) is 76.4 cm³/mol. The number of rotatable bonds is 4. The van der Waals surface area contributed by atoms with Crippen molar-refractivity contribution in [3.63, 3.8) is 0 Å². The van der Waals surface area contributed by atoms with Crippen LogP contribution in [0.3, 0.4) is 0 Å². The van der Waals surface area contributed by atoms with E-state index < -0.39 is 0 Å². The first-order chi connectivity index (χ1) is 9.11. The Morgan fingerprint density at radius 3 is 2.74 bits per heavy atom. The monoisotopic (exact) mass is 262 g/mol. The normalized spacial score (nSPS) is 23.1. The number of ether oxygens (including phenoxy) is 1. The Labute approximate surface area is 114 Å². The first kappa shape index (κ1) is 13.9. The molecule has 4 nitrogen and oxygen atoms in total. The molecule has 1 aromatic carbocycles.